The normalized spacial score (nSPS) is 20.9. The van der Waals surface area contributed by atoms with Gasteiger partial charge in [0, 0.05) is 32.1 Å². The van der Waals surface area contributed by atoms with Crippen molar-refractivity contribution in [3.63, 3.8) is 0 Å². The summed E-state index contributed by atoms with van der Waals surface area (Å²) < 4.78 is 59.0. The summed E-state index contributed by atoms with van der Waals surface area (Å²) >= 11 is 5.86. The van der Waals surface area contributed by atoms with Crippen LogP contribution in [0.15, 0.2) is 33.7 Å². The molecule has 37 heavy (non-hydrogen) atoms. The Morgan fingerprint density at radius 2 is 1.92 bits per heavy atom. The summed E-state index contributed by atoms with van der Waals surface area (Å²) in [5.41, 5.74) is -3.62. The number of carbonyl (C=O) groups is 1. The number of rotatable bonds is 5. The van der Waals surface area contributed by atoms with E-state index in [1.54, 1.807) is 0 Å². The molecule has 2 aromatic rings. The monoisotopic (exact) mass is 543 g/mol. The summed E-state index contributed by atoms with van der Waals surface area (Å²) in [6.07, 6.45) is -2.25. The number of aliphatic imine (C=N–C) groups is 1. The predicted octanol–water partition coefficient (Wildman–Crippen LogP) is 4.27. The maximum Gasteiger partial charge on any atom is 0.412 e. The van der Waals surface area contributed by atoms with Gasteiger partial charge in [0.1, 0.15) is 11.3 Å². The number of alkyl halides is 4. The SMILES string of the molecule is Cn1c(N2CCC(C)(C)CC2)nc2c(C(NC3=CCC(Cl)N=C3C(=O)O)C(F)(F)F)cc(F)cc2c1=O. The molecule has 4 rings (SSSR count). The van der Waals surface area contributed by atoms with Gasteiger partial charge in [0.15, 0.2) is 11.8 Å². The predicted molar refractivity (Wildman–Crippen MR) is 132 cm³/mol. The van der Waals surface area contributed by atoms with E-state index in [0.717, 1.165) is 18.9 Å². The first kappa shape index (κ1) is 26.9. The van der Waals surface area contributed by atoms with Gasteiger partial charge >= 0.3 is 12.1 Å². The van der Waals surface area contributed by atoms with Crippen molar-refractivity contribution in [1.29, 1.82) is 0 Å². The molecule has 8 nitrogen and oxygen atoms in total. The topological polar surface area (TPSA) is 99.8 Å². The number of nitrogens with one attached hydrogen (secondary N) is 1. The third-order valence-electron chi connectivity index (χ3n) is 6.73. The number of hydrogen-bond acceptors (Lipinski definition) is 6. The highest BCUT2D eigenvalue weighted by Crippen LogP contribution is 2.38. The van der Waals surface area contributed by atoms with Crippen LogP contribution >= 0.6 is 11.6 Å². The number of anilines is 1. The third-order valence-corrected chi connectivity index (χ3v) is 7.01. The van der Waals surface area contributed by atoms with Crippen molar-refractivity contribution in [3.8, 4) is 0 Å². The van der Waals surface area contributed by atoms with E-state index in [1.807, 2.05) is 4.90 Å². The van der Waals surface area contributed by atoms with Gasteiger partial charge in [-0.15, -0.1) is 0 Å². The third kappa shape index (κ3) is 5.43. The standard InChI is InChI=1S/C24H26ClF4N5O3/c1-23(2)6-8-34(9-7-23)22-32-17-13(10-12(26)11-14(17)20(35)33(22)3)19(24(27,28)29)30-15-4-5-16(25)31-18(15)21(36)37/h4,10-11,16,19,30H,5-9H2,1-3H3,(H,36,37). The number of halogens is 5. The highest BCUT2D eigenvalue weighted by atomic mass is 35.5. The lowest BCUT2D eigenvalue weighted by molar-refractivity contribution is -0.155. The van der Waals surface area contributed by atoms with Crippen LogP contribution in [0.3, 0.4) is 0 Å². The first-order valence-electron chi connectivity index (χ1n) is 11.6. The van der Waals surface area contributed by atoms with Gasteiger partial charge in [0.2, 0.25) is 5.95 Å². The van der Waals surface area contributed by atoms with E-state index in [0.29, 0.717) is 19.2 Å². The van der Waals surface area contributed by atoms with Crippen molar-refractivity contribution < 1.29 is 27.5 Å². The van der Waals surface area contributed by atoms with Gasteiger partial charge in [-0.2, -0.15) is 13.2 Å². The molecule has 0 saturated carbocycles. The number of carboxylic acid groups (broad SMARTS) is 1. The lowest BCUT2D eigenvalue weighted by Gasteiger charge is -2.38. The van der Waals surface area contributed by atoms with Gasteiger partial charge < -0.3 is 15.3 Å². The number of piperidine rings is 1. The summed E-state index contributed by atoms with van der Waals surface area (Å²) in [6, 6.07) is -1.07. The first-order valence-corrected chi connectivity index (χ1v) is 12.1. The van der Waals surface area contributed by atoms with Crippen molar-refractivity contribution in [2.24, 2.45) is 17.5 Å². The van der Waals surface area contributed by atoms with Crippen LogP contribution in [0.4, 0.5) is 23.5 Å². The smallest absolute Gasteiger partial charge is 0.412 e. The maximum absolute atomic E-state index is 14.6. The van der Waals surface area contributed by atoms with Gasteiger partial charge in [-0.25, -0.2) is 14.2 Å². The summed E-state index contributed by atoms with van der Waals surface area (Å²) in [6.45, 7) is 5.31. The van der Waals surface area contributed by atoms with E-state index in [9.17, 15) is 32.3 Å². The zero-order chi connectivity index (χ0) is 27.3. The molecule has 1 aromatic heterocycles. The average molecular weight is 544 g/mol. The van der Waals surface area contributed by atoms with Crippen LogP contribution in [-0.4, -0.2) is 51.1 Å². The molecule has 0 radical (unpaired) electrons. The van der Waals surface area contributed by atoms with Crippen LogP contribution in [0.5, 0.6) is 0 Å². The highest BCUT2D eigenvalue weighted by molar-refractivity contribution is 6.43. The van der Waals surface area contributed by atoms with Gasteiger partial charge in [0.25, 0.3) is 5.56 Å². The molecule has 13 heteroatoms. The molecule has 2 aliphatic heterocycles. The fraction of sp³-hybridized carbons (Fsp3) is 0.500. The Morgan fingerprint density at radius 3 is 2.51 bits per heavy atom. The lowest BCUT2D eigenvalue weighted by Crippen LogP contribution is -2.41. The Labute approximate surface area is 214 Å². The summed E-state index contributed by atoms with van der Waals surface area (Å²) in [4.78, 5) is 34.8. The van der Waals surface area contributed by atoms with Crippen molar-refractivity contribution in [1.82, 2.24) is 14.9 Å². The van der Waals surface area contributed by atoms with E-state index < -0.39 is 52.0 Å². The molecule has 2 atom stereocenters. The zero-order valence-electron chi connectivity index (χ0n) is 20.4. The Hall–Kier alpha value is -3.15. The van der Waals surface area contributed by atoms with Crippen molar-refractivity contribution in [3.05, 3.63) is 45.6 Å². The quantitative estimate of drug-likeness (QED) is 0.332. The van der Waals surface area contributed by atoms with Gasteiger partial charge in [-0.1, -0.05) is 31.5 Å². The van der Waals surface area contributed by atoms with Crippen LogP contribution < -0.4 is 15.8 Å². The second-order valence-corrected chi connectivity index (χ2v) is 10.5. The van der Waals surface area contributed by atoms with E-state index in [4.69, 9.17) is 11.6 Å². The molecular formula is C24H26ClF4N5O3. The van der Waals surface area contributed by atoms with Gasteiger partial charge in [0.05, 0.1) is 16.6 Å². The maximum atomic E-state index is 14.6. The van der Waals surface area contributed by atoms with E-state index in [-0.39, 0.29) is 28.7 Å². The van der Waals surface area contributed by atoms with Gasteiger partial charge in [-0.3, -0.25) is 14.4 Å². The van der Waals surface area contributed by atoms with E-state index in [2.05, 4.69) is 29.1 Å². The molecule has 2 aliphatic rings. The Bertz CT molecular complexity index is 1360. The average Bonchev–Trinajstić information content (AvgIpc) is 2.80. The highest BCUT2D eigenvalue weighted by Gasteiger charge is 2.44. The number of nitrogens with zero attached hydrogens (tertiary/aromatic N) is 4. The number of fused-ring (bicyclic) bond motifs is 1. The zero-order valence-corrected chi connectivity index (χ0v) is 21.1. The van der Waals surface area contributed by atoms with Crippen LogP contribution in [-0.2, 0) is 11.8 Å². The molecule has 200 valence electrons. The minimum atomic E-state index is -5.01. The molecule has 0 amide bonds. The molecule has 1 fully saturated rings. The summed E-state index contributed by atoms with van der Waals surface area (Å²) in [5, 5.41) is 11.3. The molecule has 0 aliphatic carbocycles. The van der Waals surface area contributed by atoms with Crippen LogP contribution in [0.1, 0.15) is 44.7 Å². The van der Waals surface area contributed by atoms with E-state index in [1.165, 1.54) is 17.7 Å². The lowest BCUT2D eigenvalue weighted by atomic mass is 9.83. The van der Waals surface area contributed by atoms with Crippen LogP contribution in [0.2, 0.25) is 0 Å². The minimum Gasteiger partial charge on any atom is -0.476 e. The van der Waals surface area contributed by atoms with Crippen molar-refractivity contribution in [2.45, 2.75) is 50.8 Å². The molecular weight excluding hydrogens is 518 g/mol. The first-order chi connectivity index (χ1) is 17.2. The summed E-state index contributed by atoms with van der Waals surface area (Å²) in [5.74, 6) is -2.46. The van der Waals surface area contributed by atoms with Crippen LogP contribution in [0.25, 0.3) is 10.9 Å². The molecule has 1 saturated heterocycles. The number of aliphatic carboxylic acids is 1. The number of benzene rings is 1. The molecule has 2 N–H and O–H groups in total. The molecule has 2 unspecified atom stereocenters. The Morgan fingerprint density at radius 1 is 1.27 bits per heavy atom. The molecule has 0 spiro atoms. The van der Waals surface area contributed by atoms with Crippen molar-refractivity contribution in [2.75, 3.05) is 18.0 Å². The Balaban J connectivity index is 1.87. The summed E-state index contributed by atoms with van der Waals surface area (Å²) in [7, 11) is 1.44. The van der Waals surface area contributed by atoms with Gasteiger partial charge in [-0.05, 0) is 30.4 Å². The largest absolute Gasteiger partial charge is 0.476 e. The number of dihydropyridines is 1. The number of carboxylic acids is 1. The van der Waals surface area contributed by atoms with Crippen LogP contribution in [0, 0.1) is 11.2 Å². The minimum absolute atomic E-state index is 0.0105. The molecule has 3 heterocycles. The fourth-order valence-electron chi connectivity index (χ4n) is 4.53. The molecule has 1 aromatic carbocycles. The fourth-order valence-corrected chi connectivity index (χ4v) is 4.72. The Kier molecular flexibility index (Phi) is 7.00. The second-order valence-electron chi connectivity index (χ2n) is 10.0. The number of aromatic nitrogens is 2. The number of hydrogen-bond donors (Lipinski definition) is 2. The van der Waals surface area contributed by atoms with Crippen molar-refractivity contribution >= 4 is 40.1 Å². The second kappa shape index (κ2) is 9.62. The van der Waals surface area contributed by atoms with E-state index >= 15 is 0 Å². The molecule has 0 bridgehead atoms.